The van der Waals surface area contributed by atoms with Crippen LogP contribution in [0.3, 0.4) is 0 Å². The van der Waals surface area contributed by atoms with Gasteiger partial charge >= 0.3 is 0 Å². The molecule has 31 heavy (non-hydrogen) atoms. The minimum atomic E-state index is 0.00657. The number of ether oxygens (including phenoxy) is 1. The second-order valence-corrected chi connectivity index (χ2v) is 10.8. The molecule has 11 heteroatoms. The molecule has 0 aliphatic heterocycles. The van der Waals surface area contributed by atoms with Crippen LogP contribution in [0.5, 0.6) is 0 Å². The van der Waals surface area contributed by atoms with Gasteiger partial charge in [0.1, 0.15) is 10.1 Å². The lowest BCUT2D eigenvalue weighted by molar-refractivity contribution is -0.121. The molecule has 168 valence electrons. The van der Waals surface area contributed by atoms with Gasteiger partial charge < -0.3 is 15.4 Å². The van der Waals surface area contributed by atoms with Gasteiger partial charge in [-0.05, 0) is 45.9 Å². The summed E-state index contributed by atoms with van der Waals surface area (Å²) in [6.45, 7) is 1.78. The zero-order valence-electron chi connectivity index (χ0n) is 17.0. The van der Waals surface area contributed by atoms with E-state index in [-0.39, 0.29) is 11.8 Å². The molecular formula is C20H26N4O3S4. The second-order valence-electron chi connectivity index (χ2n) is 5.96. The molecule has 7 nitrogen and oxygen atoms in total. The van der Waals surface area contributed by atoms with Gasteiger partial charge in [0.15, 0.2) is 0 Å². The van der Waals surface area contributed by atoms with Crippen molar-refractivity contribution < 1.29 is 14.3 Å². The molecule has 0 saturated heterocycles. The first-order valence-corrected chi connectivity index (χ1v) is 14.4. The van der Waals surface area contributed by atoms with Crippen molar-refractivity contribution in [3.8, 4) is 0 Å². The monoisotopic (exact) mass is 498 g/mol. The Labute approximate surface area is 198 Å². The summed E-state index contributed by atoms with van der Waals surface area (Å²) < 4.78 is 5.44. The maximum atomic E-state index is 11.8. The normalized spacial score (nSPS) is 10.6. The van der Waals surface area contributed by atoms with Crippen LogP contribution in [0.1, 0.15) is 12.8 Å². The Morgan fingerprint density at radius 1 is 0.774 bits per heavy atom. The molecule has 0 bridgehead atoms. The molecular weight excluding hydrogens is 473 g/mol. The highest BCUT2D eigenvalue weighted by Crippen LogP contribution is 2.29. The topological polar surface area (TPSA) is 93.2 Å². The van der Waals surface area contributed by atoms with Crippen molar-refractivity contribution in [3.05, 3.63) is 48.8 Å². The van der Waals surface area contributed by atoms with Gasteiger partial charge in [0.25, 0.3) is 0 Å². The van der Waals surface area contributed by atoms with Crippen LogP contribution in [0.15, 0.2) is 58.8 Å². The molecule has 0 fully saturated rings. The molecule has 2 aromatic rings. The lowest BCUT2D eigenvalue weighted by Gasteiger charge is -2.08. The lowest BCUT2D eigenvalue weighted by Crippen LogP contribution is -2.30. The Morgan fingerprint density at radius 2 is 1.26 bits per heavy atom. The minimum absolute atomic E-state index is 0.00657. The van der Waals surface area contributed by atoms with Crippen molar-refractivity contribution in [1.29, 1.82) is 0 Å². The van der Waals surface area contributed by atoms with Crippen molar-refractivity contribution in [2.24, 2.45) is 0 Å². The van der Waals surface area contributed by atoms with E-state index in [2.05, 4.69) is 20.6 Å². The number of nitrogens with one attached hydrogen (secondary N) is 2. The summed E-state index contributed by atoms with van der Waals surface area (Å²) in [4.78, 5) is 32.0. The number of aromatic nitrogens is 2. The maximum absolute atomic E-state index is 11.8. The maximum Gasteiger partial charge on any atom is 0.220 e. The number of carbonyl (C=O) groups excluding carboxylic acids is 2. The van der Waals surface area contributed by atoms with Crippen molar-refractivity contribution in [1.82, 2.24) is 20.6 Å². The highest BCUT2D eigenvalue weighted by molar-refractivity contribution is 8.77. The van der Waals surface area contributed by atoms with E-state index in [9.17, 15) is 9.59 Å². The smallest absolute Gasteiger partial charge is 0.220 e. The van der Waals surface area contributed by atoms with Crippen LogP contribution in [0.4, 0.5) is 0 Å². The summed E-state index contributed by atoms with van der Waals surface area (Å²) in [5.41, 5.74) is 0. The molecule has 2 aromatic heterocycles. The van der Waals surface area contributed by atoms with E-state index in [4.69, 9.17) is 4.74 Å². The fourth-order valence-electron chi connectivity index (χ4n) is 2.07. The number of hydrogen-bond donors (Lipinski definition) is 2. The fraction of sp³-hybridized carbons (Fsp3) is 0.400. The molecule has 2 N–H and O–H groups in total. The highest BCUT2D eigenvalue weighted by Gasteiger charge is 2.04. The number of amides is 2. The van der Waals surface area contributed by atoms with E-state index in [1.54, 1.807) is 55.6 Å². The Bertz CT molecular complexity index is 693. The molecule has 0 aromatic carbocycles. The number of carbonyl (C=O) groups is 2. The molecule has 0 spiro atoms. The van der Waals surface area contributed by atoms with Gasteiger partial charge in [0, 0.05) is 49.8 Å². The molecule has 0 aliphatic carbocycles. The van der Waals surface area contributed by atoms with Crippen LogP contribution < -0.4 is 10.6 Å². The third-order valence-electron chi connectivity index (χ3n) is 3.53. The summed E-state index contributed by atoms with van der Waals surface area (Å²) in [5.74, 6) is 1.45. The quantitative estimate of drug-likeness (QED) is 0.265. The van der Waals surface area contributed by atoms with Crippen LogP contribution in [0, 0.1) is 0 Å². The Kier molecular flexibility index (Phi) is 14.3. The van der Waals surface area contributed by atoms with E-state index >= 15 is 0 Å². The molecule has 2 amide bonds. The number of pyridine rings is 2. The largest absolute Gasteiger partial charge is 0.378 e. The van der Waals surface area contributed by atoms with Gasteiger partial charge in [-0.15, -0.1) is 0 Å². The Balaban J connectivity index is 1.34. The molecule has 2 heterocycles. The summed E-state index contributed by atoms with van der Waals surface area (Å²) in [6, 6.07) is 11.5. The molecule has 0 atom stereocenters. The van der Waals surface area contributed by atoms with Crippen molar-refractivity contribution in [2.45, 2.75) is 22.9 Å². The summed E-state index contributed by atoms with van der Waals surface area (Å²) in [5, 5.41) is 7.54. The summed E-state index contributed by atoms with van der Waals surface area (Å²) in [6.07, 6.45) is 4.42. The summed E-state index contributed by atoms with van der Waals surface area (Å²) in [7, 11) is 6.36. The zero-order valence-corrected chi connectivity index (χ0v) is 20.3. The molecule has 0 aliphatic rings. The van der Waals surface area contributed by atoms with Gasteiger partial charge in [0.2, 0.25) is 11.8 Å². The van der Waals surface area contributed by atoms with E-state index in [1.165, 1.54) is 0 Å². The first-order valence-electron chi connectivity index (χ1n) is 9.76. The molecule has 0 saturated carbocycles. The SMILES string of the molecule is O=C(CCSSc1ccccn1)NCCOCCNC(=O)CCSSc1ccccn1. The van der Waals surface area contributed by atoms with Crippen LogP contribution in [0.25, 0.3) is 0 Å². The van der Waals surface area contributed by atoms with E-state index in [0.717, 1.165) is 21.6 Å². The van der Waals surface area contributed by atoms with Crippen LogP contribution >= 0.6 is 43.2 Å². The van der Waals surface area contributed by atoms with Crippen LogP contribution in [0.2, 0.25) is 0 Å². The molecule has 2 rings (SSSR count). The van der Waals surface area contributed by atoms with E-state index < -0.39 is 0 Å². The first-order chi connectivity index (χ1) is 15.2. The lowest BCUT2D eigenvalue weighted by atomic mass is 10.4. The second kappa shape index (κ2) is 17.2. The van der Waals surface area contributed by atoms with Gasteiger partial charge in [-0.1, -0.05) is 33.7 Å². The van der Waals surface area contributed by atoms with Crippen molar-refractivity contribution in [2.75, 3.05) is 37.8 Å². The van der Waals surface area contributed by atoms with Crippen LogP contribution in [-0.2, 0) is 14.3 Å². The average molecular weight is 499 g/mol. The van der Waals surface area contributed by atoms with Gasteiger partial charge in [-0.3, -0.25) is 9.59 Å². The van der Waals surface area contributed by atoms with Gasteiger partial charge in [-0.2, -0.15) is 0 Å². The predicted octanol–water partition coefficient (Wildman–Crippen LogP) is 3.69. The van der Waals surface area contributed by atoms with Gasteiger partial charge in [-0.25, -0.2) is 9.97 Å². The van der Waals surface area contributed by atoms with Gasteiger partial charge in [0.05, 0.1) is 13.2 Å². The average Bonchev–Trinajstić information content (AvgIpc) is 2.80. The third-order valence-corrected chi connectivity index (χ3v) is 8.06. The van der Waals surface area contributed by atoms with E-state index in [1.807, 2.05) is 36.4 Å². The fourth-order valence-corrected chi connectivity index (χ4v) is 5.81. The van der Waals surface area contributed by atoms with Crippen LogP contribution in [-0.4, -0.2) is 59.6 Å². The first kappa shape index (κ1) is 25.9. The van der Waals surface area contributed by atoms with Crippen molar-refractivity contribution in [3.63, 3.8) is 0 Å². The Hall–Kier alpha value is -1.40. The third kappa shape index (κ3) is 13.6. The molecule has 0 radical (unpaired) electrons. The highest BCUT2D eigenvalue weighted by atomic mass is 33.1. The standard InChI is InChI=1S/C20H26N4O3S4/c25-17(7-15-28-30-19-5-1-3-9-23-19)21-11-13-27-14-12-22-18(26)8-16-29-31-20-6-2-4-10-24-20/h1-6,9-10H,7-8,11-16H2,(H,21,25)(H,22,26). The predicted molar refractivity (Wildman–Crippen MR) is 131 cm³/mol. The van der Waals surface area contributed by atoms with E-state index in [0.29, 0.717) is 39.1 Å². The number of nitrogens with zero attached hydrogens (tertiary/aromatic N) is 2. The minimum Gasteiger partial charge on any atom is -0.378 e. The summed E-state index contributed by atoms with van der Waals surface area (Å²) >= 11 is 0. The zero-order chi connectivity index (χ0) is 22.0. The molecule has 0 unspecified atom stereocenters. The number of rotatable bonds is 16. The van der Waals surface area contributed by atoms with Crippen molar-refractivity contribution >= 4 is 55.0 Å². The Morgan fingerprint density at radius 3 is 1.68 bits per heavy atom. The number of hydrogen-bond acceptors (Lipinski definition) is 9.